The number of hydrogen-bond acceptors (Lipinski definition) is 4. The van der Waals surface area contributed by atoms with Crippen molar-refractivity contribution in [3.05, 3.63) is 23.6 Å². The van der Waals surface area contributed by atoms with Gasteiger partial charge in [0, 0.05) is 12.1 Å². The molecular weight excluding hydrogens is 194 g/mol. The third-order valence-electron chi connectivity index (χ3n) is 1.44. The minimum Gasteiger partial charge on any atom is -0.457 e. The van der Waals surface area contributed by atoms with Crippen molar-refractivity contribution in [2.24, 2.45) is 0 Å². The lowest BCUT2D eigenvalue weighted by Gasteiger charge is -2.17. The molecular formula is C11H15NO3. The van der Waals surface area contributed by atoms with E-state index in [1.54, 1.807) is 19.1 Å². The van der Waals surface area contributed by atoms with E-state index >= 15 is 0 Å². The van der Waals surface area contributed by atoms with Gasteiger partial charge in [0.1, 0.15) is 17.1 Å². The van der Waals surface area contributed by atoms with E-state index in [-0.39, 0.29) is 5.97 Å². The third-order valence-corrected chi connectivity index (χ3v) is 1.44. The van der Waals surface area contributed by atoms with Crippen molar-refractivity contribution in [3.63, 3.8) is 0 Å². The molecule has 0 N–H and O–H groups in total. The molecule has 0 radical (unpaired) electrons. The third kappa shape index (κ3) is 4.44. The highest BCUT2D eigenvalue weighted by atomic mass is 16.6. The topological polar surface area (TPSA) is 52.3 Å². The fourth-order valence-corrected chi connectivity index (χ4v) is 0.953. The Morgan fingerprint density at radius 2 is 2.20 bits per heavy atom. The van der Waals surface area contributed by atoms with Crippen LogP contribution in [-0.4, -0.2) is 16.7 Å². The molecule has 0 spiro atoms. The first-order valence-corrected chi connectivity index (χ1v) is 4.71. The Balaban J connectivity index is 2.55. The molecule has 0 unspecified atom stereocenters. The summed E-state index contributed by atoms with van der Waals surface area (Å²) in [7, 11) is 0. The first-order valence-electron chi connectivity index (χ1n) is 4.71. The van der Waals surface area contributed by atoms with Crippen molar-refractivity contribution in [2.75, 3.05) is 0 Å². The summed E-state index contributed by atoms with van der Waals surface area (Å²) in [5, 5.41) is 3.71. The first-order chi connectivity index (χ1) is 6.87. The van der Waals surface area contributed by atoms with Crippen molar-refractivity contribution in [2.45, 2.75) is 33.3 Å². The minimum absolute atomic E-state index is 0.386. The number of aromatic nitrogens is 1. The largest absolute Gasteiger partial charge is 0.457 e. The quantitative estimate of drug-likeness (QED) is 0.554. The van der Waals surface area contributed by atoms with Crippen LogP contribution in [0.5, 0.6) is 0 Å². The number of ether oxygens (including phenoxy) is 1. The zero-order valence-electron chi connectivity index (χ0n) is 9.40. The molecule has 4 nitrogen and oxygen atoms in total. The van der Waals surface area contributed by atoms with Gasteiger partial charge in [-0.05, 0) is 33.8 Å². The fourth-order valence-electron chi connectivity index (χ4n) is 0.953. The van der Waals surface area contributed by atoms with Crippen molar-refractivity contribution >= 4 is 12.0 Å². The molecule has 0 saturated carbocycles. The van der Waals surface area contributed by atoms with Crippen molar-refractivity contribution in [3.8, 4) is 0 Å². The first kappa shape index (κ1) is 11.5. The molecule has 1 rings (SSSR count). The van der Waals surface area contributed by atoms with Gasteiger partial charge >= 0.3 is 5.97 Å². The Labute approximate surface area is 88.9 Å². The summed E-state index contributed by atoms with van der Waals surface area (Å²) in [6.07, 6.45) is 2.90. The lowest BCUT2D eigenvalue weighted by atomic mass is 10.2. The highest BCUT2D eigenvalue weighted by molar-refractivity contribution is 5.86. The van der Waals surface area contributed by atoms with Gasteiger partial charge in [0.05, 0.1) is 0 Å². The fraction of sp³-hybridized carbons (Fsp3) is 0.455. The maximum absolute atomic E-state index is 11.3. The monoisotopic (exact) mass is 209 g/mol. The Hall–Kier alpha value is -1.58. The Morgan fingerprint density at radius 3 is 2.67 bits per heavy atom. The highest BCUT2D eigenvalue weighted by Crippen LogP contribution is 2.08. The van der Waals surface area contributed by atoms with Crippen molar-refractivity contribution in [1.82, 2.24) is 5.16 Å². The summed E-state index contributed by atoms with van der Waals surface area (Å²) in [5.41, 5.74) is 0.139. The van der Waals surface area contributed by atoms with Gasteiger partial charge in [-0.2, -0.15) is 0 Å². The number of carbonyl (C=O) groups is 1. The molecule has 1 aromatic heterocycles. The number of hydrogen-bond donors (Lipinski definition) is 0. The van der Waals surface area contributed by atoms with Crippen molar-refractivity contribution < 1.29 is 14.1 Å². The maximum Gasteiger partial charge on any atom is 0.331 e. The molecule has 0 aliphatic rings. The summed E-state index contributed by atoms with van der Waals surface area (Å²) in [4.78, 5) is 11.3. The lowest BCUT2D eigenvalue weighted by Crippen LogP contribution is -2.22. The molecule has 0 aromatic carbocycles. The van der Waals surface area contributed by atoms with Crippen LogP contribution in [0.15, 0.2) is 16.7 Å². The Morgan fingerprint density at radius 1 is 1.53 bits per heavy atom. The lowest BCUT2D eigenvalue weighted by molar-refractivity contribution is -0.148. The molecule has 82 valence electrons. The van der Waals surface area contributed by atoms with E-state index in [0.717, 1.165) is 0 Å². The van der Waals surface area contributed by atoms with Crippen LogP contribution in [0.25, 0.3) is 6.08 Å². The normalized spacial score (nSPS) is 12.0. The summed E-state index contributed by atoms with van der Waals surface area (Å²) in [6.45, 7) is 7.24. The van der Waals surface area contributed by atoms with Crippen LogP contribution in [0.2, 0.25) is 0 Å². The maximum atomic E-state index is 11.3. The van der Waals surface area contributed by atoms with E-state index in [0.29, 0.717) is 11.5 Å². The Kier molecular flexibility index (Phi) is 3.29. The molecule has 15 heavy (non-hydrogen) atoms. The Bertz CT molecular complexity index is 371. The van der Waals surface area contributed by atoms with E-state index in [1.165, 1.54) is 6.08 Å². The summed E-state index contributed by atoms with van der Waals surface area (Å²) in [5.74, 6) is 0.321. The zero-order valence-corrected chi connectivity index (χ0v) is 9.40. The predicted octanol–water partition coefficient (Wildman–Crippen LogP) is 2.34. The minimum atomic E-state index is -0.471. The number of carbonyl (C=O) groups excluding carboxylic acids is 1. The van der Waals surface area contributed by atoms with E-state index < -0.39 is 5.60 Å². The molecule has 0 bridgehead atoms. The van der Waals surface area contributed by atoms with E-state index in [9.17, 15) is 4.79 Å². The summed E-state index contributed by atoms with van der Waals surface area (Å²) in [6, 6.07) is 1.74. The number of aryl methyl sites for hydroxylation is 1. The summed E-state index contributed by atoms with van der Waals surface area (Å²) >= 11 is 0. The molecule has 0 amide bonds. The molecule has 0 aliphatic carbocycles. The molecule has 0 aliphatic heterocycles. The van der Waals surface area contributed by atoms with Gasteiger partial charge in [-0.3, -0.25) is 0 Å². The SMILES string of the molecule is Cc1cc(/C=C/C(=O)OC(C)(C)C)no1. The zero-order chi connectivity index (χ0) is 11.5. The number of nitrogens with zero attached hydrogens (tertiary/aromatic N) is 1. The molecule has 4 heteroatoms. The standard InChI is InChI=1S/C11H15NO3/c1-8-7-9(12-15-8)5-6-10(13)14-11(2,3)4/h5-7H,1-4H3/b6-5+. The van der Waals surface area contributed by atoms with Crippen LogP contribution < -0.4 is 0 Å². The van der Waals surface area contributed by atoms with Crippen LogP contribution in [0.4, 0.5) is 0 Å². The van der Waals surface area contributed by atoms with Crippen LogP contribution in [-0.2, 0) is 9.53 Å². The molecule has 0 atom stereocenters. The molecule has 0 fully saturated rings. The smallest absolute Gasteiger partial charge is 0.331 e. The second-order valence-electron chi connectivity index (χ2n) is 4.23. The van der Waals surface area contributed by atoms with E-state index in [4.69, 9.17) is 9.26 Å². The van der Waals surface area contributed by atoms with Crippen LogP contribution in [0.3, 0.4) is 0 Å². The second kappa shape index (κ2) is 4.29. The van der Waals surface area contributed by atoms with Gasteiger partial charge in [0.2, 0.25) is 0 Å². The van der Waals surface area contributed by atoms with Gasteiger partial charge in [0.15, 0.2) is 0 Å². The summed E-state index contributed by atoms with van der Waals surface area (Å²) < 4.78 is 9.93. The number of esters is 1. The van der Waals surface area contributed by atoms with E-state index in [1.807, 2.05) is 20.8 Å². The molecule has 0 saturated heterocycles. The van der Waals surface area contributed by atoms with Crippen LogP contribution in [0, 0.1) is 6.92 Å². The van der Waals surface area contributed by atoms with E-state index in [2.05, 4.69) is 5.16 Å². The molecule has 1 heterocycles. The van der Waals surface area contributed by atoms with Gasteiger partial charge in [-0.15, -0.1) is 0 Å². The average Bonchev–Trinajstić information content (AvgIpc) is 2.45. The second-order valence-corrected chi connectivity index (χ2v) is 4.23. The van der Waals surface area contributed by atoms with Gasteiger partial charge in [-0.25, -0.2) is 4.79 Å². The molecule has 1 aromatic rings. The van der Waals surface area contributed by atoms with Crippen LogP contribution >= 0.6 is 0 Å². The predicted molar refractivity (Wildman–Crippen MR) is 56.1 cm³/mol. The van der Waals surface area contributed by atoms with Gasteiger partial charge in [-0.1, -0.05) is 5.16 Å². The van der Waals surface area contributed by atoms with Crippen molar-refractivity contribution in [1.29, 1.82) is 0 Å². The van der Waals surface area contributed by atoms with Gasteiger partial charge < -0.3 is 9.26 Å². The number of rotatable bonds is 2. The van der Waals surface area contributed by atoms with Crippen LogP contribution in [0.1, 0.15) is 32.2 Å². The van der Waals surface area contributed by atoms with Gasteiger partial charge in [0.25, 0.3) is 0 Å². The highest BCUT2D eigenvalue weighted by Gasteiger charge is 2.13. The average molecular weight is 209 g/mol.